The van der Waals surface area contributed by atoms with Crippen molar-refractivity contribution in [2.75, 3.05) is 5.32 Å². The smallest absolute Gasteiger partial charge is 0.360 e. The number of nitrogens with zero attached hydrogens (tertiary/aromatic N) is 2. The van der Waals surface area contributed by atoms with Crippen molar-refractivity contribution in [2.45, 2.75) is 43.9 Å². The summed E-state index contributed by atoms with van der Waals surface area (Å²) in [6, 6.07) is 5.52. The molecule has 0 saturated heterocycles. The van der Waals surface area contributed by atoms with Crippen molar-refractivity contribution in [1.29, 1.82) is 0 Å². The minimum absolute atomic E-state index is 0.0606. The van der Waals surface area contributed by atoms with Crippen molar-refractivity contribution < 1.29 is 13.2 Å². The highest BCUT2D eigenvalue weighted by atomic mass is 79.9. The Morgan fingerprint density at radius 3 is 2.82 bits per heavy atom. The van der Waals surface area contributed by atoms with Gasteiger partial charge in [0.1, 0.15) is 5.56 Å². The molecule has 9 heteroatoms. The van der Waals surface area contributed by atoms with Gasteiger partial charge in [-0.05, 0) is 47.7 Å². The highest BCUT2D eigenvalue weighted by molar-refractivity contribution is 9.10. The Kier molecular flexibility index (Phi) is 5.05. The molecule has 2 aromatic heterocycles. The van der Waals surface area contributed by atoms with E-state index in [4.69, 9.17) is 5.73 Å². The van der Waals surface area contributed by atoms with Gasteiger partial charge in [-0.2, -0.15) is 13.2 Å². The molecule has 3 aromatic rings. The molecular weight excluding hydrogens is 435 g/mol. The molecule has 5 nitrogen and oxygen atoms in total. The van der Waals surface area contributed by atoms with E-state index < -0.39 is 11.7 Å². The largest absolute Gasteiger partial charge is 0.419 e. The Balaban J connectivity index is 1.78. The van der Waals surface area contributed by atoms with Gasteiger partial charge in [0.05, 0.1) is 11.2 Å². The minimum Gasteiger partial charge on any atom is -0.360 e. The SMILES string of the molecule is N[C@H]1CCC[C@H](Nc2ncc(C(F)(F)F)c(-c3c[nH]c4c(Br)cccc34)n2)C1. The molecule has 1 saturated carbocycles. The van der Waals surface area contributed by atoms with E-state index in [-0.39, 0.29) is 23.7 Å². The normalized spacial score (nSPS) is 20.5. The quantitative estimate of drug-likeness (QED) is 0.515. The summed E-state index contributed by atoms with van der Waals surface area (Å²) in [4.78, 5) is 11.2. The predicted octanol–water partition coefficient (Wildman–Crippen LogP) is 5.09. The van der Waals surface area contributed by atoms with Crippen molar-refractivity contribution in [2.24, 2.45) is 5.73 Å². The fourth-order valence-electron chi connectivity index (χ4n) is 3.72. The molecule has 4 rings (SSSR count). The van der Waals surface area contributed by atoms with Crippen molar-refractivity contribution in [3.63, 3.8) is 0 Å². The van der Waals surface area contributed by atoms with E-state index in [9.17, 15) is 13.2 Å². The van der Waals surface area contributed by atoms with Crippen LogP contribution in [0.25, 0.3) is 22.2 Å². The second-order valence-electron chi connectivity index (χ2n) is 7.09. The second-order valence-corrected chi connectivity index (χ2v) is 7.94. The fourth-order valence-corrected chi connectivity index (χ4v) is 4.20. The first-order chi connectivity index (χ1) is 13.3. The number of anilines is 1. The Hall–Kier alpha value is -2.13. The highest BCUT2D eigenvalue weighted by Gasteiger charge is 2.36. The van der Waals surface area contributed by atoms with Crippen molar-refractivity contribution in [3.8, 4) is 11.3 Å². The van der Waals surface area contributed by atoms with E-state index in [1.807, 2.05) is 6.07 Å². The number of benzene rings is 1. The maximum Gasteiger partial charge on any atom is 0.419 e. The number of hydrogen-bond acceptors (Lipinski definition) is 4. The second kappa shape index (κ2) is 7.36. The zero-order chi connectivity index (χ0) is 19.9. The van der Waals surface area contributed by atoms with E-state index in [0.29, 0.717) is 10.9 Å². The van der Waals surface area contributed by atoms with Crippen LogP contribution in [0.2, 0.25) is 0 Å². The standard InChI is InChI=1S/C19H19BrF3N5/c20-15-6-2-5-12-13(8-25-17(12)15)16-14(19(21,22)23)9-26-18(28-16)27-11-4-1-3-10(24)7-11/h2,5-6,8-11,25H,1,3-4,7,24H2,(H,26,27,28)/t10-,11-/m0/s1. The average Bonchev–Trinajstić information content (AvgIpc) is 3.06. The number of nitrogens with two attached hydrogens (primary N) is 1. The molecule has 28 heavy (non-hydrogen) atoms. The van der Waals surface area contributed by atoms with Crippen LogP contribution in [0.15, 0.2) is 35.1 Å². The van der Waals surface area contributed by atoms with E-state index in [0.717, 1.165) is 41.9 Å². The van der Waals surface area contributed by atoms with Gasteiger partial charge in [0.25, 0.3) is 0 Å². The molecule has 0 radical (unpaired) electrons. The third kappa shape index (κ3) is 3.73. The molecule has 0 amide bonds. The number of para-hydroxylation sites is 1. The van der Waals surface area contributed by atoms with Crippen LogP contribution < -0.4 is 11.1 Å². The minimum atomic E-state index is -4.56. The first kappa shape index (κ1) is 19.2. The summed E-state index contributed by atoms with van der Waals surface area (Å²) in [6.45, 7) is 0. The molecule has 0 aliphatic heterocycles. The van der Waals surface area contributed by atoms with E-state index in [1.54, 1.807) is 18.3 Å². The number of halogens is 4. The molecule has 2 atom stereocenters. The summed E-state index contributed by atoms with van der Waals surface area (Å²) < 4.78 is 41.6. The third-order valence-electron chi connectivity index (χ3n) is 5.06. The van der Waals surface area contributed by atoms with Gasteiger partial charge in [-0.15, -0.1) is 0 Å². The Morgan fingerprint density at radius 2 is 2.07 bits per heavy atom. The zero-order valence-corrected chi connectivity index (χ0v) is 16.4. The summed E-state index contributed by atoms with van der Waals surface area (Å²) >= 11 is 3.42. The topological polar surface area (TPSA) is 79.6 Å². The summed E-state index contributed by atoms with van der Waals surface area (Å²) in [5.41, 5.74) is 6.10. The molecule has 4 N–H and O–H groups in total. The lowest BCUT2D eigenvalue weighted by atomic mass is 9.92. The Bertz CT molecular complexity index is 1000. The first-order valence-electron chi connectivity index (χ1n) is 9.05. The molecule has 148 valence electrons. The van der Waals surface area contributed by atoms with Gasteiger partial charge in [0, 0.05) is 39.9 Å². The van der Waals surface area contributed by atoms with Gasteiger partial charge in [-0.3, -0.25) is 0 Å². The Labute approximate surface area is 168 Å². The lowest BCUT2D eigenvalue weighted by Crippen LogP contribution is -2.35. The van der Waals surface area contributed by atoms with Crippen LogP contribution in [-0.4, -0.2) is 27.0 Å². The number of alkyl halides is 3. The number of aromatic nitrogens is 3. The van der Waals surface area contributed by atoms with Gasteiger partial charge < -0.3 is 16.0 Å². The summed E-state index contributed by atoms with van der Waals surface area (Å²) in [5.74, 6) is 0.187. The van der Waals surface area contributed by atoms with Gasteiger partial charge in [0.2, 0.25) is 5.95 Å². The highest BCUT2D eigenvalue weighted by Crippen LogP contribution is 2.39. The number of fused-ring (bicyclic) bond motifs is 1. The maximum absolute atomic E-state index is 13.6. The molecule has 1 aliphatic rings. The van der Waals surface area contributed by atoms with Crippen LogP contribution in [0.1, 0.15) is 31.2 Å². The number of hydrogen-bond donors (Lipinski definition) is 3. The van der Waals surface area contributed by atoms with Crippen LogP contribution >= 0.6 is 15.9 Å². The van der Waals surface area contributed by atoms with Crippen molar-refractivity contribution >= 4 is 32.8 Å². The molecule has 0 unspecified atom stereocenters. The number of aromatic amines is 1. The van der Waals surface area contributed by atoms with Crippen molar-refractivity contribution in [1.82, 2.24) is 15.0 Å². The van der Waals surface area contributed by atoms with Crippen LogP contribution in [0.4, 0.5) is 19.1 Å². The van der Waals surface area contributed by atoms with E-state index >= 15 is 0 Å². The zero-order valence-electron chi connectivity index (χ0n) is 14.9. The average molecular weight is 454 g/mol. The van der Waals surface area contributed by atoms with E-state index in [2.05, 4.69) is 36.2 Å². The number of nitrogens with one attached hydrogen (secondary N) is 2. The molecular formula is C19H19BrF3N5. The van der Waals surface area contributed by atoms with Crippen LogP contribution in [0, 0.1) is 0 Å². The summed E-state index contributed by atoms with van der Waals surface area (Å²) in [5, 5.41) is 3.82. The van der Waals surface area contributed by atoms with Crippen molar-refractivity contribution in [3.05, 3.63) is 40.6 Å². The van der Waals surface area contributed by atoms with Crippen LogP contribution in [0.5, 0.6) is 0 Å². The summed E-state index contributed by atoms with van der Waals surface area (Å²) in [7, 11) is 0. The van der Waals surface area contributed by atoms with Crippen LogP contribution in [0.3, 0.4) is 0 Å². The lowest BCUT2D eigenvalue weighted by Gasteiger charge is -2.27. The van der Waals surface area contributed by atoms with Gasteiger partial charge in [-0.1, -0.05) is 12.1 Å². The summed E-state index contributed by atoms with van der Waals surface area (Å²) in [6.07, 6.45) is 1.42. The number of rotatable bonds is 3. The number of H-pyrrole nitrogens is 1. The Morgan fingerprint density at radius 1 is 1.25 bits per heavy atom. The van der Waals surface area contributed by atoms with Gasteiger partial charge in [-0.25, -0.2) is 9.97 Å². The maximum atomic E-state index is 13.6. The molecule has 0 spiro atoms. The van der Waals surface area contributed by atoms with E-state index in [1.165, 1.54) is 0 Å². The van der Waals surface area contributed by atoms with Gasteiger partial charge >= 0.3 is 6.18 Å². The molecule has 1 aliphatic carbocycles. The van der Waals surface area contributed by atoms with Gasteiger partial charge in [0.15, 0.2) is 0 Å². The first-order valence-corrected chi connectivity index (χ1v) is 9.84. The lowest BCUT2D eigenvalue weighted by molar-refractivity contribution is -0.137. The molecule has 0 bridgehead atoms. The molecule has 1 fully saturated rings. The monoisotopic (exact) mass is 453 g/mol. The molecule has 1 aromatic carbocycles. The third-order valence-corrected chi connectivity index (χ3v) is 5.72. The fraction of sp³-hybridized carbons (Fsp3) is 0.368. The predicted molar refractivity (Wildman–Crippen MR) is 106 cm³/mol. The molecule has 2 heterocycles. The van der Waals surface area contributed by atoms with Crippen LogP contribution in [-0.2, 0) is 6.18 Å².